The molecule has 0 spiro atoms. The number of halogens is 6. The van der Waals surface area contributed by atoms with Crippen LogP contribution in [0, 0.1) is 0 Å². The van der Waals surface area contributed by atoms with Gasteiger partial charge in [0, 0.05) is 17.6 Å². The summed E-state index contributed by atoms with van der Waals surface area (Å²) < 4.78 is 81.3. The van der Waals surface area contributed by atoms with Gasteiger partial charge < -0.3 is 15.4 Å². The van der Waals surface area contributed by atoms with E-state index < -0.39 is 24.5 Å². The molecule has 0 aliphatic heterocycles. The molecule has 3 aromatic rings. The minimum absolute atomic E-state index is 0.0964. The van der Waals surface area contributed by atoms with Crippen molar-refractivity contribution < 1.29 is 31.1 Å². The molecular weight excluding hydrogens is 428 g/mol. The lowest BCUT2D eigenvalue weighted by Gasteiger charge is -2.23. The number of alkyl halides is 6. The topological polar surface area (TPSA) is 72.0 Å². The van der Waals surface area contributed by atoms with Gasteiger partial charge in [0.05, 0.1) is 0 Å². The Kier molecular flexibility index (Phi) is 6.18. The van der Waals surface area contributed by atoms with Crippen molar-refractivity contribution >= 4 is 28.4 Å². The van der Waals surface area contributed by atoms with Crippen molar-refractivity contribution in [3.63, 3.8) is 0 Å². The molecule has 31 heavy (non-hydrogen) atoms. The average molecular weight is 443 g/mol. The van der Waals surface area contributed by atoms with Gasteiger partial charge in [-0.1, -0.05) is 42.5 Å². The quantitative estimate of drug-likeness (QED) is 0.385. The van der Waals surface area contributed by atoms with Gasteiger partial charge in [-0.25, -0.2) is 0 Å². The number of rotatable bonds is 7. The Morgan fingerprint density at radius 2 is 1.55 bits per heavy atom. The molecule has 0 atom stereocenters. The molecule has 6 nitrogen and oxygen atoms in total. The molecule has 0 fully saturated rings. The van der Waals surface area contributed by atoms with E-state index in [0.717, 1.165) is 10.8 Å². The monoisotopic (exact) mass is 443 g/mol. The highest BCUT2D eigenvalue weighted by Gasteiger charge is 2.59. The van der Waals surface area contributed by atoms with Crippen molar-refractivity contribution in [3.05, 3.63) is 55.1 Å². The Bertz CT molecular complexity index is 1050. The van der Waals surface area contributed by atoms with Crippen molar-refractivity contribution in [3.8, 4) is 6.01 Å². The summed E-state index contributed by atoms with van der Waals surface area (Å²) in [6, 6.07) is 11.2. The maximum atomic E-state index is 12.9. The predicted octanol–water partition coefficient (Wildman–Crippen LogP) is 5.24. The Balaban J connectivity index is 1.99. The highest BCUT2D eigenvalue weighted by Crippen LogP contribution is 2.36. The lowest BCUT2D eigenvalue weighted by molar-refractivity contribution is -0.301. The van der Waals surface area contributed by atoms with Crippen molar-refractivity contribution in [1.29, 1.82) is 0 Å². The van der Waals surface area contributed by atoms with E-state index in [2.05, 4.69) is 36.9 Å². The number of anilines is 3. The van der Waals surface area contributed by atoms with E-state index in [1.807, 2.05) is 18.2 Å². The number of hydrogen-bond acceptors (Lipinski definition) is 6. The standard InChI is InChI=1S/C19H15F6N5O/c1-2-10-26-15-28-16(27-13-9-5-7-11-6-3-4-8-12(11)13)30-17(29-15)31-14(18(20,21)22)19(23,24)25/h2-9,14H,1,10H2,(H2,26,27,28,29,30). The first-order valence-electron chi connectivity index (χ1n) is 8.73. The number of hydrogen-bond donors (Lipinski definition) is 2. The van der Waals surface area contributed by atoms with Gasteiger partial charge in [-0.2, -0.15) is 41.3 Å². The van der Waals surface area contributed by atoms with Gasteiger partial charge in [-0.3, -0.25) is 0 Å². The molecule has 0 saturated heterocycles. The third-order valence-electron chi connectivity index (χ3n) is 3.87. The van der Waals surface area contributed by atoms with Gasteiger partial charge in [0.25, 0.3) is 6.10 Å². The molecule has 2 N–H and O–H groups in total. The van der Waals surface area contributed by atoms with E-state index in [0.29, 0.717) is 5.69 Å². The summed E-state index contributed by atoms with van der Waals surface area (Å²) in [5.74, 6) is -0.605. The molecule has 164 valence electrons. The number of nitrogens with zero attached hydrogens (tertiary/aromatic N) is 3. The van der Waals surface area contributed by atoms with Crippen LogP contribution in [0.2, 0.25) is 0 Å². The number of nitrogens with one attached hydrogen (secondary N) is 2. The van der Waals surface area contributed by atoms with Crippen LogP contribution in [0.4, 0.5) is 43.9 Å². The van der Waals surface area contributed by atoms with Crippen molar-refractivity contribution in [1.82, 2.24) is 15.0 Å². The molecule has 12 heteroatoms. The highest BCUT2D eigenvalue weighted by atomic mass is 19.4. The molecule has 0 aliphatic rings. The van der Waals surface area contributed by atoms with E-state index in [-0.39, 0.29) is 18.4 Å². The average Bonchev–Trinajstić information content (AvgIpc) is 2.69. The number of ether oxygens (including phenoxy) is 1. The SMILES string of the molecule is C=CCNc1nc(Nc2cccc3ccccc23)nc(OC(C(F)(F)F)C(F)(F)F)n1. The normalized spacial score (nSPS) is 12.1. The number of fused-ring (bicyclic) bond motifs is 1. The third-order valence-corrected chi connectivity index (χ3v) is 3.87. The van der Waals surface area contributed by atoms with Gasteiger partial charge in [0.15, 0.2) is 0 Å². The van der Waals surface area contributed by atoms with E-state index in [9.17, 15) is 26.3 Å². The molecule has 0 radical (unpaired) electrons. The molecule has 1 heterocycles. The van der Waals surface area contributed by atoms with Gasteiger partial charge in [-0.15, -0.1) is 6.58 Å². The summed E-state index contributed by atoms with van der Waals surface area (Å²) in [6.45, 7) is 3.55. The van der Waals surface area contributed by atoms with Crippen LogP contribution in [-0.4, -0.2) is 40.0 Å². The first-order chi connectivity index (χ1) is 14.6. The summed E-state index contributed by atoms with van der Waals surface area (Å²) in [6.07, 6.45) is -14.1. The molecule has 0 saturated carbocycles. The van der Waals surface area contributed by atoms with Crippen LogP contribution in [0.3, 0.4) is 0 Å². The fourth-order valence-electron chi connectivity index (χ4n) is 2.59. The van der Waals surface area contributed by atoms with Crippen LogP contribution >= 0.6 is 0 Å². The van der Waals surface area contributed by atoms with Crippen LogP contribution in [0.5, 0.6) is 6.01 Å². The summed E-state index contributed by atoms with van der Waals surface area (Å²) in [4.78, 5) is 11.1. The zero-order chi connectivity index (χ0) is 22.6. The van der Waals surface area contributed by atoms with Gasteiger partial charge >= 0.3 is 18.4 Å². The smallest absolute Gasteiger partial charge is 0.434 e. The van der Waals surface area contributed by atoms with Crippen LogP contribution in [-0.2, 0) is 0 Å². The fraction of sp³-hybridized carbons (Fsp3) is 0.211. The second kappa shape index (κ2) is 8.66. The van der Waals surface area contributed by atoms with Crippen LogP contribution in [0.15, 0.2) is 55.1 Å². The second-order valence-corrected chi connectivity index (χ2v) is 6.17. The van der Waals surface area contributed by atoms with Crippen LogP contribution in [0.1, 0.15) is 0 Å². The first-order valence-corrected chi connectivity index (χ1v) is 8.73. The molecule has 2 aromatic carbocycles. The fourth-order valence-corrected chi connectivity index (χ4v) is 2.59. The maximum Gasteiger partial charge on any atom is 0.434 e. The first kappa shape index (κ1) is 22.1. The Hall–Kier alpha value is -3.57. The maximum absolute atomic E-state index is 12.9. The lowest BCUT2D eigenvalue weighted by atomic mass is 10.1. The Morgan fingerprint density at radius 3 is 2.23 bits per heavy atom. The molecule has 1 aromatic heterocycles. The van der Waals surface area contributed by atoms with Crippen LogP contribution < -0.4 is 15.4 Å². The lowest BCUT2D eigenvalue weighted by Crippen LogP contribution is -2.47. The zero-order valence-corrected chi connectivity index (χ0v) is 15.6. The molecular formula is C19H15F6N5O. The minimum Gasteiger partial charge on any atom is -0.440 e. The van der Waals surface area contributed by atoms with Crippen molar-refractivity contribution in [2.75, 3.05) is 17.2 Å². The van der Waals surface area contributed by atoms with E-state index in [4.69, 9.17) is 0 Å². The summed E-state index contributed by atoms with van der Waals surface area (Å²) in [7, 11) is 0. The number of aromatic nitrogens is 3. The molecule has 0 amide bonds. The van der Waals surface area contributed by atoms with Crippen molar-refractivity contribution in [2.24, 2.45) is 0 Å². The van der Waals surface area contributed by atoms with E-state index in [1.54, 1.807) is 24.3 Å². The molecule has 3 rings (SSSR count). The van der Waals surface area contributed by atoms with Crippen LogP contribution in [0.25, 0.3) is 10.8 Å². The van der Waals surface area contributed by atoms with E-state index >= 15 is 0 Å². The minimum atomic E-state index is -5.72. The zero-order valence-electron chi connectivity index (χ0n) is 15.6. The summed E-state index contributed by atoms with van der Waals surface area (Å²) >= 11 is 0. The highest BCUT2D eigenvalue weighted by molar-refractivity contribution is 5.94. The van der Waals surface area contributed by atoms with Gasteiger partial charge in [0.2, 0.25) is 11.9 Å². The summed E-state index contributed by atoms with van der Waals surface area (Å²) in [5.41, 5.74) is 0.480. The van der Waals surface area contributed by atoms with Gasteiger partial charge in [0.1, 0.15) is 0 Å². The largest absolute Gasteiger partial charge is 0.440 e. The molecule has 0 bridgehead atoms. The second-order valence-electron chi connectivity index (χ2n) is 6.17. The molecule has 0 aliphatic carbocycles. The predicted molar refractivity (Wildman–Crippen MR) is 102 cm³/mol. The number of benzene rings is 2. The Morgan fingerprint density at radius 1 is 0.903 bits per heavy atom. The van der Waals surface area contributed by atoms with Crippen molar-refractivity contribution in [2.45, 2.75) is 18.5 Å². The Labute approximate surface area is 172 Å². The summed E-state index contributed by atoms with van der Waals surface area (Å²) in [5, 5.41) is 6.95. The van der Waals surface area contributed by atoms with E-state index in [1.165, 1.54) is 6.08 Å². The van der Waals surface area contributed by atoms with Gasteiger partial charge in [-0.05, 0) is 11.5 Å². The molecule has 0 unspecified atom stereocenters. The third kappa shape index (κ3) is 5.53.